The van der Waals surface area contributed by atoms with Crippen LogP contribution in [0.1, 0.15) is 18.4 Å². The molecule has 6 heteroatoms. The van der Waals surface area contributed by atoms with E-state index in [1.165, 1.54) is 12.1 Å². The third-order valence-corrected chi connectivity index (χ3v) is 3.02. The van der Waals surface area contributed by atoms with Gasteiger partial charge in [0.2, 0.25) is 0 Å². The fourth-order valence-corrected chi connectivity index (χ4v) is 1.56. The summed E-state index contributed by atoms with van der Waals surface area (Å²) in [6, 6.07) is 5.13. The topological polar surface area (TPSA) is 33.0 Å². The Bertz CT molecular complexity index is 500. The van der Waals surface area contributed by atoms with Crippen molar-refractivity contribution >= 4 is 0 Å². The molecule has 1 fully saturated rings. The molecular weight excluding hydrogens is 250 g/mol. The van der Waals surface area contributed by atoms with Gasteiger partial charge in [-0.05, 0) is 31.0 Å². The van der Waals surface area contributed by atoms with Crippen LogP contribution >= 0.6 is 0 Å². The van der Waals surface area contributed by atoms with E-state index in [2.05, 4.69) is 0 Å². The number of rotatable bonds is 3. The van der Waals surface area contributed by atoms with Gasteiger partial charge in [0.15, 0.2) is 11.6 Å². The van der Waals surface area contributed by atoms with Crippen molar-refractivity contribution in [3.63, 3.8) is 0 Å². The molecule has 0 N–H and O–H groups in total. The van der Waals surface area contributed by atoms with Gasteiger partial charge in [-0.15, -0.1) is 0 Å². The Morgan fingerprint density at radius 1 is 1.33 bits per heavy atom. The Morgan fingerprint density at radius 2 is 2.00 bits per heavy atom. The highest BCUT2D eigenvalue weighted by Gasteiger charge is 2.63. The van der Waals surface area contributed by atoms with E-state index in [1.807, 2.05) is 0 Å². The lowest BCUT2D eigenvalue weighted by Gasteiger charge is -2.19. The van der Waals surface area contributed by atoms with Crippen LogP contribution in [0.5, 0.6) is 5.75 Å². The van der Waals surface area contributed by atoms with Crippen LogP contribution in [0.4, 0.5) is 17.6 Å². The molecule has 0 atom stereocenters. The summed E-state index contributed by atoms with van der Waals surface area (Å²) >= 11 is 0. The van der Waals surface area contributed by atoms with Gasteiger partial charge in [0, 0.05) is 0 Å². The molecule has 0 bridgehead atoms. The second-order valence-electron chi connectivity index (χ2n) is 4.32. The highest BCUT2D eigenvalue weighted by Crippen LogP contribution is 2.57. The molecule has 0 saturated heterocycles. The number of nitrogens with zero attached hydrogens (tertiary/aromatic N) is 1. The zero-order chi connectivity index (χ0) is 13.4. The maximum atomic E-state index is 13.4. The molecule has 2 nitrogen and oxygen atoms in total. The predicted molar refractivity (Wildman–Crippen MR) is 54.3 cm³/mol. The Morgan fingerprint density at radius 3 is 2.44 bits per heavy atom. The van der Waals surface area contributed by atoms with Gasteiger partial charge in [-0.2, -0.15) is 18.4 Å². The molecule has 18 heavy (non-hydrogen) atoms. The highest BCUT2D eigenvalue weighted by molar-refractivity contribution is 5.36. The van der Waals surface area contributed by atoms with E-state index in [1.54, 1.807) is 6.07 Å². The summed E-state index contributed by atoms with van der Waals surface area (Å²) in [7, 11) is 0. The zero-order valence-electron chi connectivity index (χ0n) is 9.22. The molecule has 1 aliphatic carbocycles. The monoisotopic (exact) mass is 259 g/mol. The summed E-state index contributed by atoms with van der Waals surface area (Å²) < 4.78 is 56.1. The average Bonchev–Trinajstić information content (AvgIpc) is 3.07. The SMILES string of the molecule is N#Cc1ccc(OCC2(C(F)(F)F)CC2)c(F)c1. The second-order valence-corrected chi connectivity index (χ2v) is 4.32. The van der Waals surface area contributed by atoms with E-state index in [4.69, 9.17) is 10.00 Å². The quantitative estimate of drug-likeness (QED) is 0.779. The minimum atomic E-state index is -4.32. The van der Waals surface area contributed by atoms with Crippen LogP contribution in [-0.4, -0.2) is 12.8 Å². The van der Waals surface area contributed by atoms with Crippen molar-refractivity contribution in [1.29, 1.82) is 5.26 Å². The van der Waals surface area contributed by atoms with Crippen LogP contribution < -0.4 is 4.74 Å². The van der Waals surface area contributed by atoms with Crippen molar-refractivity contribution < 1.29 is 22.3 Å². The molecule has 1 aliphatic rings. The van der Waals surface area contributed by atoms with Gasteiger partial charge in [0.25, 0.3) is 0 Å². The fourth-order valence-electron chi connectivity index (χ4n) is 1.56. The number of halogens is 4. The van der Waals surface area contributed by atoms with E-state index >= 15 is 0 Å². The highest BCUT2D eigenvalue weighted by atomic mass is 19.4. The molecule has 0 heterocycles. The van der Waals surface area contributed by atoms with Crippen LogP contribution in [0.15, 0.2) is 18.2 Å². The van der Waals surface area contributed by atoms with E-state index in [-0.39, 0.29) is 24.2 Å². The van der Waals surface area contributed by atoms with Gasteiger partial charge in [-0.25, -0.2) is 4.39 Å². The summed E-state index contributed by atoms with van der Waals surface area (Å²) in [4.78, 5) is 0. The summed E-state index contributed by atoms with van der Waals surface area (Å²) in [6.45, 7) is -0.584. The molecule has 0 spiro atoms. The number of ether oxygens (including phenoxy) is 1. The molecule has 0 unspecified atom stereocenters. The fraction of sp³-hybridized carbons (Fsp3) is 0.417. The number of hydrogen-bond acceptors (Lipinski definition) is 2. The molecule has 1 saturated carbocycles. The summed E-state index contributed by atoms with van der Waals surface area (Å²) in [6.07, 6.45) is -4.31. The summed E-state index contributed by atoms with van der Waals surface area (Å²) in [5.41, 5.74) is -1.73. The zero-order valence-corrected chi connectivity index (χ0v) is 9.22. The molecule has 1 aromatic carbocycles. The van der Waals surface area contributed by atoms with Crippen molar-refractivity contribution in [1.82, 2.24) is 0 Å². The van der Waals surface area contributed by atoms with Crippen molar-refractivity contribution in [2.24, 2.45) is 5.41 Å². The van der Waals surface area contributed by atoms with Gasteiger partial charge >= 0.3 is 6.18 Å². The van der Waals surface area contributed by atoms with Crippen molar-refractivity contribution in [2.75, 3.05) is 6.61 Å². The first kappa shape index (κ1) is 12.7. The molecule has 0 aliphatic heterocycles. The maximum absolute atomic E-state index is 13.4. The van der Waals surface area contributed by atoms with E-state index in [0.29, 0.717) is 0 Å². The van der Waals surface area contributed by atoms with Gasteiger partial charge in [-0.1, -0.05) is 0 Å². The van der Waals surface area contributed by atoms with Crippen molar-refractivity contribution in [2.45, 2.75) is 19.0 Å². The van der Waals surface area contributed by atoms with Crippen molar-refractivity contribution in [3.8, 4) is 11.8 Å². The van der Waals surface area contributed by atoms with Crippen LogP contribution in [0, 0.1) is 22.6 Å². The van der Waals surface area contributed by atoms with Gasteiger partial charge in [-0.3, -0.25) is 0 Å². The Labute approximate surface area is 101 Å². The van der Waals surface area contributed by atoms with E-state index in [9.17, 15) is 17.6 Å². The first-order valence-electron chi connectivity index (χ1n) is 5.27. The van der Waals surface area contributed by atoms with Crippen LogP contribution in [0.3, 0.4) is 0 Å². The number of nitriles is 1. The van der Waals surface area contributed by atoms with Crippen molar-refractivity contribution in [3.05, 3.63) is 29.6 Å². The maximum Gasteiger partial charge on any atom is 0.397 e. The van der Waals surface area contributed by atoms with E-state index in [0.717, 1.165) is 6.07 Å². The average molecular weight is 259 g/mol. The van der Waals surface area contributed by atoms with Crippen LogP contribution in [-0.2, 0) is 0 Å². The minimum Gasteiger partial charge on any atom is -0.490 e. The molecule has 0 aromatic heterocycles. The van der Waals surface area contributed by atoms with Crippen LogP contribution in [0.25, 0.3) is 0 Å². The molecule has 2 rings (SSSR count). The molecule has 0 radical (unpaired) electrons. The lowest BCUT2D eigenvalue weighted by atomic mass is 10.1. The lowest BCUT2D eigenvalue weighted by Crippen LogP contribution is -2.30. The second kappa shape index (κ2) is 4.16. The Hall–Kier alpha value is -1.77. The number of hydrogen-bond donors (Lipinski definition) is 0. The van der Waals surface area contributed by atoms with Crippen LogP contribution in [0.2, 0.25) is 0 Å². The lowest BCUT2D eigenvalue weighted by molar-refractivity contribution is -0.194. The number of alkyl halides is 3. The Kier molecular flexibility index (Phi) is 2.93. The molecule has 0 amide bonds. The molecule has 1 aromatic rings. The summed E-state index contributed by atoms with van der Waals surface area (Å²) in [5.74, 6) is -1.09. The third kappa shape index (κ3) is 2.26. The smallest absolute Gasteiger partial charge is 0.397 e. The van der Waals surface area contributed by atoms with Gasteiger partial charge in [0.1, 0.15) is 12.0 Å². The minimum absolute atomic E-state index is 0.00833. The van der Waals surface area contributed by atoms with Gasteiger partial charge < -0.3 is 4.74 Å². The number of benzene rings is 1. The molecule has 96 valence electrons. The molecular formula is C12H9F4NO. The summed E-state index contributed by atoms with van der Waals surface area (Å²) in [5, 5.41) is 8.52. The third-order valence-electron chi connectivity index (χ3n) is 3.02. The van der Waals surface area contributed by atoms with E-state index < -0.39 is 24.0 Å². The predicted octanol–water partition coefficient (Wildman–Crippen LogP) is 3.42. The standard InChI is InChI=1S/C12H9F4NO/c13-9-5-8(6-17)1-2-10(9)18-7-11(3-4-11)12(14,15)16/h1-2,5H,3-4,7H2. The normalized spacial score (nSPS) is 17.1. The largest absolute Gasteiger partial charge is 0.490 e. The van der Waals surface area contributed by atoms with Gasteiger partial charge in [0.05, 0.1) is 11.6 Å². The Balaban J connectivity index is 2.06. The first-order chi connectivity index (χ1) is 8.38. The first-order valence-corrected chi connectivity index (χ1v) is 5.27.